The van der Waals surface area contributed by atoms with Crippen LogP contribution in [-0.2, 0) is 16.1 Å². The maximum atomic E-state index is 11.7. The molecule has 2 rings (SSSR count). The Labute approximate surface area is 124 Å². The maximum absolute atomic E-state index is 11.7. The number of rotatable bonds is 7. The zero-order chi connectivity index (χ0) is 15.2. The van der Waals surface area contributed by atoms with Crippen LogP contribution in [0, 0.1) is 0 Å². The molecule has 1 amide bonds. The highest BCUT2D eigenvalue weighted by Gasteiger charge is 2.12. The van der Waals surface area contributed by atoms with Crippen LogP contribution in [0.2, 0.25) is 0 Å². The van der Waals surface area contributed by atoms with Crippen molar-refractivity contribution in [3.8, 4) is 0 Å². The number of methoxy groups -OCH3 is 1. The number of carbonyl (C=O) groups is 1. The van der Waals surface area contributed by atoms with E-state index in [0.29, 0.717) is 5.95 Å². The second kappa shape index (κ2) is 7.19. The maximum Gasteiger partial charge on any atom is 0.252 e. The largest absolute Gasteiger partial charge is 0.375 e. The first-order valence-electron chi connectivity index (χ1n) is 7.00. The number of aryl methyl sites for hydroxylation is 1. The van der Waals surface area contributed by atoms with Gasteiger partial charge in [-0.3, -0.25) is 10.1 Å². The predicted molar refractivity (Wildman–Crippen MR) is 83.4 cm³/mol. The Bertz CT molecular complexity index is 607. The molecule has 6 nitrogen and oxygen atoms in total. The monoisotopic (exact) mass is 290 g/mol. The lowest BCUT2D eigenvalue weighted by Crippen LogP contribution is -2.21. The van der Waals surface area contributed by atoms with Crippen molar-refractivity contribution >= 4 is 22.9 Å². The highest BCUT2D eigenvalue weighted by molar-refractivity contribution is 5.92. The molecular weight excluding hydrogens is 268 g/mol. The molecule has 0 spiro atoms. The summed E-state index contributed by atoms with van der Waals surface area (Å²) >= 11 is 0. The molecular formula is C15H22N4O2. The molecule has 0 atom stereocenters. The minimum atomic E-state index is -0.193. The zero-order valence-corrected chi connectivity index (χ0v) is 12.8. The summed E-state index contributed by atoms with van der Waals surface area (Å²) in [5.41, 5.74) is 1.92. The fourth-order valence-electron chi connectivity index (χ4n) is 2.23. The number of para-hydroxylation sites is 2. The first kappa shape index (κ1) is 15.5. The van der Waals surface area contributed by atoms with Gasteiger partial charge in [-0.05, 0) is 39.2 Å². The third kappa shape index (κ3) is 4.03. The van der Waals surface area contributed by atoms with Crippen molar-refractivity contribution in [2.45, 2.75) is 13.0 Å². The minimum Gasteiger partial charge on any atom is -0.375 e. The van der Waals surface area contributed by atoms with Crippen LogP contribution in [0.5, 0.6) is 0 Å². The molecule has 2 aromatic rings. The van der Waals surface area contributed by atoms with Gasteiger partial charge in [0.25, 0.3) is 5.91 Å². The quantitative estimate of drug-likeness (QED) is 0.841. The topological polar surface area (TPSA) is 59.4 Å². The highest BCUT2D eigenvalue weighted by atomic mass is 16.5. The first-order valence-corrected chi connectivity index (χ1v) is 7.00. The summed E-state index contributed by atoms with van der Waals surface area (Å²) < 4.78 is 6.89. The molecule has 1 aromatic heterocycles. The Morgan fingerprint density at radius 1 is 1.38 bits per heavy atom. The van der Waals surface area contributed by atoms with Crippen LogP contribution in [0.25, 0.3) is 11.0 Å². The molecule has 21 heavy (non-hydrogen) atoms. The molecule has 0 bridgehead atoms. The first-order chi connectivity index (χ1) is 10.1. The number of benzene rings is 1. The van der Waals surface area contributed by atoms with Gasteiger partial charge >= 0.3 is 0 Å². The van der Waals surface area contributed by atoms with Gasteiger partial charge in [0.05, 0.1) is 11.0 Å². The Balaban J connectivity index is 2.23. The highest BCUT2D eigenvalue weighted by Crippen LogP contribution is 2.20. The second-order valence-corrected chi connectivity index (χ2v) is 5.21. The average Bonchev–Trinajstić information content (AvgIpc) is 2.76. The number of nitrogens with zero attached hydrogens (tertiary/aromatic N) is 3. The number of hydrogen-bond donors (Lipinski definition) is 1. The van der Waals surface area contributed by atoms with Gasteiger partial charge in [-0.25, -0.2) is 4.98 Å². The normalized spacial score (nSPS) is 11.2. The standard InChI is InChI=1S/C15H22N4O2/c1-18(2)9-6-10-19-13-8-5-4-7-12(13)16-15(19)17-14(20)11-21-3/h4-5,7-8H,6,9-11H2,1-3H3,(H,16,17,20). The fourth-order valence-corrected chi connectivity index (χ4v) is 2.23. The van der Waals surface area contributed by atoms with E-state index in [0.717, 1.165) is 30.5 Å². The van der Waals surface area contributed by atoms with Crippen LogP contribution in [0.4, 0.5) is 5.95 Å². The lowest BCUT2D eigenvalue weighted by Gasteiger charge is -2.12. The Morgan fingerprint density at radius 3 is 2.86 bits per heavy atom. The number of fused-ring (bicyclic) bond motifs is 1. The van der Waals surface area contributed by atoms with E-state index in [1.807, 2.05) is 42.9 Å². The lowest BCUT2D eigenvalue weighted by atomic mass is 10.3. The van der Waals surface area contributed by atoms with Gasteiger partial charge in [0, 0.05) is 13.7 Å². The SMILES string of the molecule is COCC(=O)Nc1nc2ccccc2n1CCCN(C)C. The summed E-state index contributed by atoms with van der Waals surface area (Å²) in [6, 6.07) is 7.89. The van der Waals surface area contributed by atoms with Crippen molar-refractivity contribution in [3.05, 3.63) is 24.3 Å². The van der Waals surface area contributed by atoms with Crippen LogP contribution in [0.3, 0.4) is 0 Å². The lowest BCUT2D eigenvalue weighted by molar-refractivity contribution is -0.119. The average molecular weight is 290 g/mol. The zero-order valence-electron chi connectivity index (χ0n) is 12.8. The molecule has 1 N–H and O–H groups in total. The molecule has 0 saturated carbocycles. The number of hydrogen-bond acceptors (Lipinski definition) is 4. The summed E-state index contributed by atoms with van der Waals surface area (Å²) in [7, 11) is 5.60. The molecule has 0 unspecified atom stereocenters. The Kier molecular flexibility index (Phi) is 5.30. The van der Waals surface area contributed by atoms with Crippen molar-refractivity contribution in [1.82, 2.24) is 14.5 Å². The van der Waals surface area contributed by atoms with Gasteiger partial charge in [-0.2, -0.15) is 0 Å². The third-order valence-corrected chi connectivity index (χ3v) is 3.17. The summed E-state index contributed by atoms with van der Waals surface area (Å²) in [6.07, 6.45) is 0.987. The number of nitrogens with one attached hydrogen (secondary N) is 1. The Morgan fingerprint density at radius 2 is 2.14 bits per heavy atom. The number of ether oxygens (including phenoxy) is 1. The second-order valence-electron chi connectivity index (χ2n) is 5.21. The van der Waals surface area contributed by atoms with Crippen molar-refractivity contribution in [3.63, 3.8) is 0 Å². The van der Waals surface area contributed by atoms with E-state index in [1.54, 1.807) is 0 Å². The van der Waals surface area contributed by atoms with Gasteiger partial charge in [-0.15, -0.1) is 0 Å². The third-order valence-electron chi connectivity index (χ3n) is 3.17. The molecule has 0 aliphatic heterocycles. The van der Waals surface area contributed by atoms with Crippen molar-refractivity contribution < 1.29 is 9.53 Å². The van der Waals surface area contributed by atoms with Crippen LogP contribution in [-0.4, -0.2) is 54.7 Å². The molecule has 0 radical (unpaired) electrons. The molecule has 1 aromatic carbocycles. The van der Waals surface area contributed by atoms with Gasteiger partial charge in [0.2, 0.25) is 5.95 Å². The molecule has 1 heterocycles. The number of amides is 1. The van der Waals surface area contributed by atoms with Gasteiger partial charge in [0.1, 0.15) is 6.61 Å². The minimum absolute atomic E-state index is 0.0287. The van der Waals surface area contributed by atoms with Crippen LogP contribution >= 0.6 is 0 Å². The van der Waals surface area contributed by atoms with Crippen molar-refractivity contribution in [2.75, 3.05) is 39.7 Å². The van der Waals surface area contributed by atoms with Gasteiger partial charge in [0.15, 0.2) is 0 Å². The van der Waals surface area contributed by atoms with E-state index in [9.17, 15) is 4.79 Å². The van der Waals surface area contributed by atoms with E-state index in [-0.39, 0.29) is 12.5 Å². The molecule has 114 valence electrons. The summed E-state index contributed by atoms with van der Waals surface area (Å²) in [6.45, 7) is 1.82. The van der Waals surface area contributed by atoms with E-state index in [1.165, 1.54) is 7.11 Å². The van der Waals surface area contributed by atoms with Gasteiger partial charge < -0.3 is 14.2 Å². The van der Waals surface area contributed by atoms with Crippen LogP contribution in [0.15, 0.2) is 24.3 Å². The molecule has 0 fully saturated rings. The van der Waals surface area contributed by atoms with Crippen molar-refractivity contribution in [1.29, 1.82) is 0 Å². The number of carbonyl (C=O) groups excluding carboxylic acids is 1. The van der Waals surface area contributed by atoms with Crippen LogP contribution < -0.4 is 5.32 Å². The van der Waals surface area contributed by atoms with E-state index in [2.05, 4.69) is 15.2 Å². The number of imidazole rings is 1. The fraction of sp³-hybridized carbons (Fsp3) is 0.467. The van der Waals surface area contributed by atoms with E-state index >= 15 is 0 Å². The number of anilines is 1. The number of aromatic nitrogens is 2. The summed E-state index contributed by atoms with van der Waals surface area (Å²) in [5.74, 6) is 0.388. The molecule has 0 aliphatic rings. The summed E-state index contributed by atoms with van der Waals surface area (Å²) in [5, 5.41) is 2.81. The van der Waals surface area contributed by atoms with Crippen molar-refractivity contribution in [2.24, 2.45) is 0 Å². The van der Waals surface area contributed by atoms with Gasteiger partial charge in [-0.1, -0.05) is 12.1 Å². The predicted octanol–water partition coefficient (Wildman–Crippen LogP) is 1.57. The Hall–Kier alpha value is -1.92. The smallest absolute Gasteiger partial charge is 0.252 e. The van der Waals surface area contributed by atoms with E-state index < -0.39 is 0 Å². The summed E-state index contributed by atoms with van der Waals surface area (Å²) in [4.78, 5) is 18.4. The molecule has 6 heteroatoms. The molecule has 0 saturated heterocycles. The van der Waals surface area contributed by atoms with E-state index in [4.69, 9.17) is 4.74 Å². The van der Waals surface area contributed by atoms with Crippen LogP contribution in [0.1, 0.15) is 6.42 Å². The molecule has 0 aliphatic carbocycles.